The molecule has 0 aromatic carbocycles. The molecule has 0 saturated carbocycles. The molecule has 18 heavy (non-hydrogen) atoms. The van der Waals surface area contributed by atoms with Gasteiger partial charge in [0.15, 0.2) is 0 Å². The van der Waals surface area contributed by atoms with Gasteiger partial charge >= 0.3 is 0 Å². The largest absolute Gasteiger partial charge is 0.382 e. The van der Waals surface area contributed by atoms with Crippen LogP contribution in [-0.4, -0.2) is 39.5 Å². The fourth-order valence-corrected chi connectivity index (χ4v) is 2.35. The smallest absolute Gasteiger partial charge is 0.0700 e. The van der Waals surface area contributed by atoms with Crippen LogP contribution >= 0.6 is 0 Å². The molecule has 0 aliphatic rings. The summed E-state index contributed by atoms with van der Waals surface area (Å²) in [6, 6.07) is 0.601. The van der Waals surface area contributed by atoms with E-state index in [2.05, 4.69) is 33.0 Å². The van der Waals surface area contributed by atoms with Crippen molar-refractivity contribution in [1.82, 2.24) is 5.32 Å². The van der Waals surface area contributed by atoms with Gasteiger partial charge in [-0.1, -0.05) is 20.8 Å². The topological polar surface area (TPSA) is 30.5 Å². The average molecular weight is 259 g/mol. The van der Waals surface area contributed by atoms with Gasteiger partial charge in [0.25, 0.3) is 0 Å². The number of ether oxygens (including phenoxy) is 2. The van der Waals surface area contributed by atoms with E-state index in [1.807, 2.05) is 0 Å². The fraction of sp³-hybridized carbons (Fsp3) is 1.00. The van der Waals surface area contributed by atoms with Crippen molar-refractivity contribution in [3.05, 3.63) is 0 Å². The van der Waals surface area contributed by atoms with Gasteiger partial charge < -0.3 is 14.8 Å². The molecule has 0 heterocycles. The van der Waals surface area contributed by atoms with Gasteiger partial charge in [0.2, 0.25) is 0 Å². The van der Waals surface area contributed by atoms with E-state index in [0.717, 1.165) is 31.4 Å². The van der Waals surface area contributed by atoms with E-state index in [4.69, 9.17) is 9.47 Å². The predicted octanol–water partition coefficient (Wildman–Crippen LogP) is 3.09. The Morgan fingerprint density at radius 3 is 2.33 bits per heavy atom. The second kappa shape index (κ2) is 11.9. The Morgan fingerprint density at radius 1 is 1.06 bits per heavy atom. The van der Waals surface area contributed by atoms with Gasteiger partial charge in [-0.3, -0.25) is 0 Å². The van der Waals surface area contributed by atoms with E-state index >= 15 is 0 Å². The quantitative estimate of drug-likeness (QED) is 0.546. The molecule has 0 aliphatic heterocycles. The van der Waals surface area contributed by atoms with Gasteiger partial charge in [-0.15, -0.1) is 0 Å². The second-order valence-corrected chi connectivity index (χ2v) is 5.40. The van der Waals surface area contributed by atoms with Gasteiger partial charge in [-0.05, 0) is 44.6 Å². The van der Waals surface area contributed by atoms with Crippen LogP contribution in [0.3, 0.4) is 0 Å². The first-order valence-corrected chi connectivity index (χ1v) is 7.43. The molecule has 2 atom stereocenters. The first-order chi connectivity index (χ1) is 8.63. The van der Waals surface area contributed by atoms with Crippen molar-refractivity contribution in [2.75, 3.05) is 33.5 Å². The lowest BCUT2D eigenvalue weighted by Crippen LogP contribution is -2.36. The zero-order valence-corrected chi connectivity index (χ0v) is 13.0. The van der Waals surface area contributed by atoms with Crippen molar-refractivity contribution >= 4 is 0 Å². The maximum Gasteiger partial charge on any atom is 0.0700 e. The van der Waals surface area contributed by atoms with Crippen molar-refractivity contribution in [1.29, 1.82) is 0 Å². The van der Waals surface area contributed by atoms with Gasteiger partial charge in [0.05, 0.1) is 13.2 Å². The minimum Gasteiger partial charge on any atom is -0.382 e. The molecule has 0 aliphatic carbocycles. The Kier molecular flexibility index (Phi) is 11.9. The number of nitrogens with one attached hydrogen (secondary N) is 1. The van der Waals surface area contributed by atoms with Crippen molar-refractivity contribution in [3.63, 3.8) is 0 Å². The summed E-state index contributed by atoms with van der Waals surface area (Å²) in [5.74, 6) is 1.46. The first-order valence-electron chi connectivity index (χ1n) is 7.43. The molecule has 0 spiro atoms. The van der Waals surface area contributed by atoms with Crippen LogP contribution in [0.15, 0.2) is 0 Å². The highest BCUT2D eigenvalue weighted by molar-refractivity contribution is 4.74. The number of rotatable bonds is 12. The highest BCUT2D eigenvalue weighted by Gasteiger charge is 2.19. The zero-order valence-electron chi connectivity index (χ0n) is 13.0. The third kappa shape index (κ3) is 8.90. The van der Waals surface area contributed by atoms with Gasteiger partial charge in [-0.2, -0.15) is 0 Å². The van der Waals surface area contributed by atoms with E-state index in [1.165, 1.54) is 12.8 Å². The minimum absolute atomic E-state index is 0.601. The number of hydrogen-bond donors (Lipinski definition) is 1. The fourth-order valence-electron chi connectivity index (χ4n) is 2.35. The Bertz CT molecular complexity index is 174. The highest BCUT2D eigenvalue weighted by Crippen LogP contribution is 2.21. The van der Waals surface area contributed by atoms with Crippen LogP contribution in [0.25, 0.3) is 0 Å². The molecule has 0 fully saturated rings. The lowest BCUT2D eigenvalue weighted by Gasteiger charge is -2.28. The molecule has 0 amide bonds. The molecule has 3 nitrogen and oxygen atoms in total. The standard InChI is InChI=1S/C15H33NO2/c1-6-9-16-14(4)15(13(2)3)8-7-10-18-12-11-17-5/h13-16H,6-12H2,1-5H3. The van der Waals surface area contributed by atoms with Crippen LogP contribution in [0.4, 0.5) is 0 Å². The number of methoxy groups -OCH3 is 1. The van der Waals surface area contributed by atoms with Crippen LogP contribution in [0.5, 0.6) is 0 Å². The van der Waals surface area contributed by atoms with Gasteiger partial charge in [-0.25, -0.2) is 0 Å². The molecule has 0 bridgehead atoms. The average Bonchev–Trinajstić information content (AvgIpc) is 2.34. The molecule has 0 radical (unpaired) electrons. The Labute approximate surface area is 114 Å². The first kappa shape index (κ1) is 17.9. The summed E-state index contributed by atoms with van der Waals surface area (Å²) in [6.07, 6.45) is 3.59. The van der Waals surface area contributed by atoms with E-state index in [1.54, 1.807) is 7.11 Å². The maximum absolute atomic E-state index is 5.52. The van der Waals surface area contributed by atoms with Crippen molar-refractivity contribution < 1.29 is 9.47 Å². The molecule has 0 saturated heterocycles. The molecular weight excluding hydrogens is 226 g/mol. The molecule has 0 aromatic heterocycles. The van der Waals surface area contributed by atoms with E-state index in [0.29, 0.717) is 19.3 Å². The van der Waals surface area contributed by atoms with Crippen molar-refractivity contribution in [2.45, 2.75) is 53.0 Å². The van der Waals surface area contributed by atoms with E-state index in [-0.39, 0.29) is 0 Å². The van der Waals surface area contributed by atoms with Crippen LogP contribution in [0.1, 0.15) is 47.0 Å². The summed E-state index contributed by atoms with van der Waals surface area (Å²) in [5.41, 5.74) is 0. The third-order valence-corrected chi connectivity index (χ3v) is 3.47. The maximum atomic E-state index is 5.52. The molecule has 1 N–H and O–H groups in total. The summed E-state index contributed by atoms with van der Waals surface area (Å²) < 4.78 is 10.5. The number of hydrogen-bond acceptors (Lipinski definition) is 3. The summed E-state index contributed by atoms with van der Waals surface area (Å²) in [7, 11) is 1.71. The molecule has 0 aromatic rings. The third-order valence-electron chi connectivity index (χ3n) is 3.47. The van der Waals surface area contributed by atoms with E-state index in [9.17, 15) is 0 Å². The highest BCUT2D eigenvalue weighted by atomic mass is 16.5. The SMILES string of the molecule is CCCNC(C)C(CCCOCCOC)C(C)C. The van der Waals surface area contributed by atoms with Gasteiger partial charge in [0.1, 0.15) is 0 Å². The molecule has 110 valence electrons. The van der Waals surface area contributed by atoms with Crippen molar-refractivity contribution in [2.24, 2.45) is 11.8 Å². The normalized spacial score (nSPS) is 15.0. The summed E-state index contributed by atoms with van der Waals surface area (Å²) in [4.78, 5) is 0. The Hall–Kier alpha value is -0.120. The van der Waals surface area contributed by atoms with Crippen LogP contribution in [-0.2, 0) is 9.47 Å². The monoisotopic (exact) mass is 259 g/mol. The van der Waals surface area contributed by atoms with Gasteiger partial charge in [0, 0.05) is 19.8 Å². The van der Waals surface area contributed by atoms with Crippen LogP contribution in [0, 0.1) is 11.8 Å². The summed E-state index contributed by atoms with van der Waals surface area (Å²) >= 11 is 0. The summed E-state index contributed by atoms with van der Waals surface area (Å²) in [6.45, 7) is 12.6. The second-order valence-electron chi connectivity index (χ2n) is 5.40. The zero-order chi connectivity index (χ0) is 13.8. The minimum atomic E-state index is 0.601. The van der Waals surface area contributed by atoms with Crippen LogP contribution in [0.2, 0.25) is 0 Å². The molecule has 2 unspecified atom stereocenters. The molecule has 0 rings (SSSR count). The van der Waals surface area contributed by atoms with Crippen LogP contribution < -0.4 is 5.32 Å². The summed E-state index contributed by atoms with van der Waals surface area (Å²) in [5, 5.41) is 3.61. The molecular formula is C15H33NO2. The lowest BCUT2D eigenvalue weighted by atomic mass is 9.85. The van der Waals surface area contributed by atoms with Crippen molar-refractivity contribution in [3.8, 4) is 0 Å². The Balaban J connectivity index is 3.75. The Morgan fingerprint density at radius 2 is 1.78 bits per heavy atom. The molecule has 3 heteroatoms. The predicted molar refractivity (Wildman–Crippen MR) is 78.0 cm³/mol. The lowest BCUT2D eigenvalue weighted by molar-refractivity contribution is 0.0654. The van der Waals surface area contributed by atoms with E-state index < -0.39 is 0 Å².